The Labute approximate surface area is 191 Å². The third-order valence-corrected chi connectivity index (χ3v) is 6.13. The number of anilines is 1. The maximum absolute atomic E-state index is 13.1. The van der Waals surface area contributed by atoms with E-state index < -0.39 is 0 Å². The van der Waals surface area contributed by atoms with Crippen LogP contribution in [-0.2, 0) is 17.6 Å². The number of halogens is 1. The van der Waals surface area contributed by atoms with Crippen LogP contribution in [0.5, 0.6) is 0 Å². The minimum absolute atomic E-state index is 0.0576. The molecule has 2 aromatic carbocycles. The largest absolute Gasteiger partial charge is 0.335 e. The Morgan fingerprint density at radius 1 is 1.19 bits per heavy atom. The molecule has 0 radical (unpaired) electrons. The lowest BCUT2D eigenvalue weighted by Crippen LogP contribution is -2.40. The summed E-state index contributed by atoms with van der Waals surface area (Å²) < 4.78 is 0. The Kier molecular flexibility index (Phi) is 6.20. The molecule has 6 nitrogen and oxygen atoms in total. The highest BCUT2D eigenvalue weighted by Crippen LogP contribution is 2.33. The number of hydrogen-bond donors (Lipinski definition) is 1. The van der Waals surface area contributed by atoms with E-state index in [0.717, 1.165) is 11.1 Å². The van der Waals surface area contributed by atoms with Gasteiger partial charge in [0.2, 0.25) is 5.91 Å². The molecule has 1 aliphatic rings. The van der Waals surface area contributed by atoms with E-state index in [1.807, 2.05) is 25.1 Å². The van der Waals surface area contributed by atoms with Crippen molar-refractivity contribution in [3.63, 3.8) is 0 Å². The van der Waals surface area contributed by atoms with E-state index >= 15 is 0 Å². The smallest absolute Gasteiger partial charge is 0.257 e. The lowest BCUT2D eigenvalue weighted by molar-refractivity contribution is -0.133. The van der Waals surface area contributed by atoms with E-state index in [1.54, 1.807) is 47.5 Å². The Morgan fingerprint density at radius 2 is 2.00 bits per heavy atom. The molecule has 1 aliphatic heterocycles. The van der Waals surface area contributed by atoms with Crippen molar-refractivity contribution in [1.29, 1.82) is 5.26 Å². The van der Waals surface area contributed by atoms with Gasteiger partial charge in [0.15, 0.2) is 0 Å². The van der Waals surface area contributed by atoms with E-state index in [4.69, 9.17) is 11.6 Å². The van der Waals surface area contributed by atoms with E-state index in [9.17, 15) is 14.9 Å². The maximum atomic E-state index is 13.1. The van der Waals surface area contributed by atoms with Gasteiger partial charge in [0.05, 0.1) is 24.1 Å². The summed E-state index contributed by atoms with van der Waals surface area (Å²) in [5.41, 5.74) is 3.42. The molecular weight excluding hydrogens is 424 g/mol. The van der Waals surface area contributed by atoms with E-state index in [2.05, 4.69) is 16.4 Å². The molecule has 0 unspecified atom stereocenters. The topological polar surface area (TPSA) is 86.1 Å². The SMILES string of the molecule is C[C@H]1c2cccc(C(=O)Nc3ccccn3)c2CCN1C(=O)Cc1c(Cl)cccc1C#N. The lowest BCUT2D eigenvalue weighted by atomic mass is 9.89. The highest BCUT2D eigenvalue weighted by Gasteiger charge is 2.30. The third-order valence-electron chi connectivity index (χ3n) is 5.77. The third kappa shape index (κ3) is 4.20. The fourth-order valence-corrected chi connectivity index (χ4v) is 4.38. The zero-order chi connectivity index (χ0) is 22.7. The first-order valence-corrected chi connectivity index (χ1v) is 10.7. The van der Waals surface area contributed by atoms with Crippen LogP contribution in [0.4, 0.5) is 5.82 Å². The van der Waals surface area contributed by atoms with Gasteiger partial charge >= 0.3 is 0 Å². The number of nitrogens with one attached hydrogen (secondary N) is 1. The van der Waals surface area contributed by atoms with Crippen LogP contribution in [0, 0.1) is 11.3 Å². The molecule has 7 heteroatoms. The second-order valence-corrected chi connectivity index (χ2v) is 8.02. The molecule has 1 aromatic heterocycles. The fraction of sp³-hybridized carbons (Fsp3) is 0.200. The highest BCUT2D eigenvalue weighted by atomic mass is 35.5. The summed E-state index contributed by atoms with van der Waals surface area (Å²) in [6.45, 7) is 2.43. The van der Waals surface area contributed by atoms with E-state index in [0.29, 0.717) is 40.5 Å². The van der Waals surface area contributed by atoms with Gasteiger partial charge in [-0.25, -0.2) is 4.98 Å². The first kappa shape index (κ1) is 21.5. The summed E-state index contributed by atoms with van der Waals surface area (Å²) in [5, 5.41) is 12.6. The summed E-state index contributed by atoms with van der Waals surface area (Å²) in [6.07, 6.45) is 2.24. The molecular formula is C25H21ClN4O2. The zero-order valence-corrected chi connectivity index (χ0v) is 18.3. The Balaban J connectivity index is 1.56. The van der Waals surface area contributed by atoms with Gasteiger partial charge in [0.25, 0.3) is 5.91 Å². The molecule has 0 aliphatic carbocycles. The quantitative estimate of drug-likeness (QED) is 0.639. The number of carbonyl (C=O) groups is 2. The second kappa shape index (κ2) is 9.21. The highest BCUT2D eigenvalue weighted by molar-refractivity contribution is 6.31. The van der Waals surface area contributed by atoms with Crippen molar-refractivity contribution >= 4 is 29.2 Å². The van der Waals surface area contributed by atoms with Crippen LogP contribution >= 0.6 is 11.6 Å². The van der Waals surface area contributed by atoms with E-state index in [1.165, 1.54) is 0 Å². The molecule has 1 atom stereocenters. The van der Waals surface area contributed by atoms with Crippen molar-refractivity contribution in [2.45, 2.75) is 25.8 Å². The Hall–Kier alpha value is -3.69. The molecule has 0 saturated heterocycles. The molecule has 3 aromatic rings. The number of aromatic nitrogens is 1. The van der Waals surface area contributed by atoms with Gasteiger partial charge in [-0.3, -0.25) is 9.59 Å². The molecule has 160 valence electrons. The Bertz CT molecular complexity index is 1220. The minimum Gasteiger partial charge on any atom is -0.335 e. The van der Waals surface area contributed by atoms with Crippen LogP contribution in [0.1, 0.15) is 45.6 Å². The normalized spacial score (nSPS) is 14.9. The van der Waals surface area contributed by atoms with Crippen LogP contribution < -0.4 is 5.32 Å². The standard InChI is InChI=1S/C25H21ClN4O2/c1-16-18-7-5-8-20(25(32)29-23-10-2-3-12-28-23)19(18)11-13-30(16)24(31)14-21-17(15-27)6-4-9-22(21)26/h2-10,12,16H,11,13-14H2,1H3,(H,28,29,32)/t16-/m0/s1. The van der Waals surface area contributed by atoms with Gasteiger partial charge < -0.3 is 10.2 Å². The minimum atomic E-state index is -0.220. The molecule has 0 saturated carbocycles. The fourth-order valence-electron chi connectivity index (χ4n) is 4.14. The van der Waals surface area contributed by atoms with Crippen molar-refractivity contribution < 1.29 is 9.59 Å². The van der Waals surface area contributed by atoms with E-state index in [-0.39, 0.29) is 24.3 Å². The lowest BCUT2D eigenvalue weighted by Gasteiger charge is -2.36. The van der Waals surface area contributed by atoms with Crippen LogP contribution in [-0.4, -0.2) is 28.2 Å². The monoisotopic (exact) mass is 444 g/mol. The van der Waals surface area contributed by atoms with Crippen molar-refractivity contribution in [3.8, 4) is 6.07 Å². The number of fused-ring (bicyclic) bond motifs is 1. The average Bonchev–Trinajstić information content (AvgIpc) is 2.81. The number of benzene rings is 2. The number of pyridine rings is 1. The number of nitrogens with zero attached hydrogens (tertiary/aromatic N) is 3. The van der Waals surface area contributed by atoms with Crippen molar-refractivity contribution in [3.05, 3.63) is 93.6 Å². The molecule has 1 N–H and O–H groups in total. The Morgan fingerprint density at radius 3 is 2.75 bits per heavy atom. The van der Waals surface area contributed by atoms with Crippen LogP contribution in [0.15, 0.2) is 60.8 Å². The molecule has 0 fully saturated rings. The molecule has 32 heavy (non-hydrogen) atoms. The number of hydrogen-bond acceptors (Lipinski definition) is 4. The first-order valence-electron chi connectivity index (χ1n) is 10.3. The average molecular weight is 445 g/mol. The van der Waals surface area contributed by atoms with Gasteiger partial charge in [0, 0.05) is 23.3 Å². The predicted octanol–water partition coefficient (Wildman–Crippen LogP) is 4.55. The maximum Gasteiger partial charge on any atom is 0.257 e. The number of carbonyl (C=O) groups excluding carboxylic acids is 2. The molecule has 2 amide bonds. The van der Waals surface area contributed by atoms with Gasteiger partial charge in [-0.1, -0.05) is 35.9 Å². The summed E-state index contributed by atoms with van der Waals surface area (Å²) >= 11 is 6.26. The van der Waals surface area contributed by atoms with Crippen LogP contribution in [0.2, 0.25) is 5.02 Å². The molecule has 0 spiro atoms. The summed E-state index contributed by atoms with van der Waals surface area (Å²) in [4.78, 5) is 32.0. The first-order chi connectivity index (χ1) is 15.5. The molecule has 4 rings (SSSR count). The van der Waals surface area contributed by atoms with Crippen molar-refractivity contribution in [2.75, 3.05) is 11.9 Å². The van der Waals surface area contributed by atoms with Gasteiger partial charge in [-0.05, 0) is 60.4 Å². The van der Waals surface area contributed by atoms with Gasteiger partial charge in [-0.15, -0.1) is 0 Å². The van der Waals surface area contributed by atoms with Gasteiger partial charge in [0.1, 0.15) is 5.82 Å². The summed E-state index contributed by atoms with van der Waals surface area (Å²) in [6, 6.07) is 17.9. The number of rotatable bonds is 4. The molecule has 2 heterocycles. The zero-order valence-electron chi connectivity index (χ0n) is 17.5. The van der Waals surface area contributed by atoms with Gasteiger partial charge in [-0.2, -0.15) is 5.26 Å². The number of nitriles is 1. The van der Waals surface area contributed by atoms with Crippen molar-refractivity contribution in [1.82, 2.24) is 9.88 Å². The predicted molar refractivity (Wildman–Crippen MR) is 122 cm³/mol. The van der Waals surface area contributed by atoms with Crippen molar-refractivity contribution in [2.24, 2.45) is 0 Å². The van der Waals surface area contributed by atoms with Crippen LogP contribution in [0.3, 0.4) is 0 Å². The second-order valence-electron chi connectivity index (χ2n) is 7.61. The summed E-state index contributed by atoms with van der Waals surface area (Å²) in [5.74, 6) is 0.169. The van der Waals surface area contributed by atoms with Crippen LogP contribution in [0.25, 0.3) is 0 Å². The number of amides is 2. The molecule has 0 bridgehead atoms. The summed E-state index contributed by atoms with van der Waals surface area (Å²) in [7, 11) is 0.